The molecule has 0 aliphatic heterocycles. The lowest BCUT2D eigenvalue weighted by Gasteiger charge is -2.11. The van der Waals surface area contributed by atoms with Crippen LogP contribution in [0.1, 0.15) is 18.1 Å². The van der Waals surface area contributed by atoms with Gasteiger partial charge in [0.1, 0.15) is 12.4 Å². The number of benzene rings is 2. The number of nitrogens with zero attached hydrogens (tertiary/aromatic N) is 5. The monoisotopic (exact) mass is 441 g/mol. The fourth-order valence-electron chi connectivity index (χ4n) is 2.52. The number of ether oxygens (including phenoxy) is 1. The normalized spacial score (nSPS) is 12.1. The summed E-state index contributed by atoms with van der Waals surface area (Å²) in [6.07, 6.45) is -4.79. The number of aryl methyl sites for hydroxylation is 1. The first-order valence-corrected chi connectivity index (χ1v) is 8.83. The number of tetrazole rings is 1. The Labute approximate surface area is 173 Å². The van der Waals surface area contributed by atoms with Gasteiger partial charge in [-0.05, 0) is 41.6 Å². The van der Waals surface area contributed by atoms with Gasteiger partial charge in [0.25, 0.3) is 0 Å². The van der Waals surface area contributed by atoms with Gasteiger partial charge in [-0.25, -0.2) is 4.79 Å². The van der Waals surface area contributed by atoms with Crippen molar-refractivity contribution in [3.63, 3.8) is 0 Å². The van der Waals surface area contributed by atoms with Crippen LogP contribution in [0.5, 0.6) is 5.75 Å². The lowest BCUT2D eigenvalue weighted by Crippen LogP contribution is -2.23. The molecular weight excluding hydrogens is 427 g/mol. The van der Waals surface area contributed by atoms with Crippen molar-refractivity contribution in [2.45, 2.75) is 19.9 Å². The maximum atomic E-state index is 12.4. The van der Waals surface area contributed by atoms with Crippen LogP contribution in [0.4, 0.5) is 13.2 Å². The van der Waals surface area contributed by atoms with Gasteiger partial charge in [-0.15, -0.1) is 13.2 Å². The van der Waals surface area contributed by atoms with Gasteiger partial charge in [-0.2, -0.15) is 9.36 Å². The van der Waals surface area contributed by atoms with E-state index in [1.54, 1.807) is 31.2 Å². The Kier molecular flexibility index (Phi) is 6.11. The van der Waals surface area contributed by atoms with Crippen molar-refractivity contribution in [1.29, 1.82) is 0 Å². The van der Waals surface area contributed by atoms with Gasteiger partial charge in [-0.3, -0.25) is 0 Å². The molecule has 0 spiro atoms. The van der Waals surface area contributed by atoms with Crippen LogP contribution in [0.3, 0.4) is 0 Å². The molecular formula is C18H15ClF3N5O3. The third-order valence-corrected chi connectivity index (χ3v) is 4.29. The molecule has 1 heterocycles. The van der Waals surface area contributed by atoms with Crippen LogP contribution in [0, 0.1) is 0 Å². The average Bonchev–Trinajstić information content (AvgIpc) is 3.00. The summed E-state index contributed by atoms with van der Waals surface area (Å²) in [5.74, 6) is -0.370. The second kappa shape index (κ2) is 8.57. The summed E-state index contributed by atoms with van der Waals surface area (Å²) < 4.78 is 43.2. The number of alkyl halides is 3. The Bertz CT molecular complexity index is 1140. The van der Waals surface area contributed by atoms with Crippen LogP contribution in [0.15, 0.2) is 52.4 Å². The van der Waals surface area contributed by atoms with Gasteiger partial charge in [0, 0.05) is 23.2 Å². The fraction of sp³-hybridized carbons (Fsp3) is 0.222. The zero-order valence-electron chi connectivity index (χ0n) is 15.7. The molecule has 12 heteroatoms. The molecule has 0 saturated heterocycles. The average molecular weight is 442 g/mol. The van der Waals surface area contributed by atoms with E-state index in [1.165, 1.54) is 25.2 Å². The topological polar surface area (TPSA) is 83.5 Å². The lowest BCUT2D eigenvalue weighted by molar-refractivity contribution is -0.274. The quantitative estimate of drug-likeness (QED) is 0.432. The molecule has 2 aromatic carbocycles. The molecule has 3 aromatic rings. The summed E-state index contributed by atoms with van der Waals surface area (Å²) in [5, 5.41) is 11.7. The summed E-state index contributed by atoms with van der Waals surface area (Å²) in [5.41, 5.74) is 1.02. The molecule has 30 heavy (non-hydrogen) atoms. The predicted octanol–water partition coefficient (Wildman–Crippen LogP) is 3.46. The van der Waals surface area contributed by atoms with E-state index < -0.39 is 12.1 Å². The van der Waals surface area contributed by atoms with Crippen LogP contribution in [-0.4, -0.2) is 31.9 Å². The van der Waals surface area contributed by atoms with Crippen molar-refractivity contribution in [1.82, 2.24) is 19.8 Å². The van der Waals surface area contributed by atoms with Gasteiger partial charge in [0.2, 0.25) is 0 Å². The van der Waals surface area contributed by atoms with Gasteiger partial charge < -0.3 is 9.57 Å². The maximum Gasteiger partial charge on any atom is 0.573 e. The van der Waals surface area contributed by atoms with Crippen LogP contribution in [-0.2, 0) is 18.5 Å². The van der Waals surface area contributed by atoms with Crippen molar-refractivity contribution < 1.29 is 22.7 Å². The molecule has 3 rings (SSSR count). The summed E-state index contributed by atoms with van der Waals surface area (Å²) >= 11 is 6.23. The summed E-state index contributed by atoms with van der Waals surface area (Å²) in [7, 11) is 1.46. The molecule has 0 bridgehead atoms. The Balaban J connectivity index is 1.80. The highest BCUT2D eigenvalue weighted by Gasteiger charge is 2.31. The Morgan fingerprint density at radius 1 is 1.20 bits per heavy atom. The van der Waals surface area contributed by atoms with E-state index in [0.717, 1.165) is 9.36 Å². The van der Waals surface area contributed by atoms with Crippen molar-refractivity contribution in [2.24, 2.45) is 12.2 Å². The molecule has 0 unspecified atom stereocenters. The highest BCUT2D eigenvalue weighted by Crippen LogP contribution is 2.25. The molecule has 0 fully saturated rings. The van der Waals surface area contributed by atoms with Gasteiger partial charge in [0.05, 0.1) is 11.4 Å². The Hall–Kier alpha value is -3.34. The highest BCUT2D eigenvalue weighted by atomic mass is 35.5. The van der Waals surface area contributed by atoms with E-state index in [4.69, 9.17) is 16.4 Å². The van der Waals surface area contributed by atoms with Crippen LogP contribution >= 0.6 is 11.6 Å². The van der Waals surface area contributed by atoms with E-state index >= 15 is 0 Å². The Morgan fingerprint density at radius 2 is 1.93 bits per heavy atom. The minimum Gasteiger partial charge on any atom is -0.406 e. The number of aromatic nitrogens is 4. The molecule has 0 saturated carbocycles. The van der Waals surface area contributed by atoms with Crippen LogP contribution in [0.25, 0.3) is 5.69 Å². The van der Waals surface area contributed by atoms with E-state index in [9.17, 15) is 18.0 Å². The molecule has 8 nitrogen and oxygen atoms in total. The zero-order valence-corrected chi connectivity index (χ0v) is 16.5. The molecule has 0 aliphatic rings. The molecule has 1 aromatic heterocycles. The second-order valence-electron chi connectivity index (χ2n) is 6.06. The summed E-state index contributed by atoms with van der Waals surface area (Å²) in [6.45, 7) is 1.45. The smallest absolute Gasteiger partial charge is 0.406 e. The summed E-state index contributed by atoms with van der Waals surface area (Å²) in [4.78, 5) is 17.5. The van der Waals surface area contributed by atoms with Gasteiger partial charge in [0.15, 0.2) is 0 Å². The molecule has 0 amide bonds. The van der Waals surface area contributed by atoms with E-state index in [2.05, 4.69) is 20.3 Å². The van der Waals surface area contributed by atoms with Crippen molar-refractivity contribution in [3.05, 3.63) is 69.1 Å². The molecule has 0 atom stereocenters. The number of rotatable bonds is 6. The molecule has 0 aliphatic carbocycles. The summed E-state index contributed by atoms with van der Waals surface area (Å²) in [6, 6.07) is 10.2. The number of hydrogen-bond donors (Lipinski definition) is 0. The fourth-order valence-corrected chi connectivity index (χ4v) is 2.74. The van der Waals surface area contributed by atoms with Crippen LogP contribution < -0.4 is 10.4 Å². The number of oxime groups is 1. The van der Waals surface area contributed by atoms with Gasteiger partial charge in [-0.1, -0.05) is 35.0 Å². The van der Waals surface area contributed by atoms with E-state index in [1.807, 2.05) is 0 Å². The van der Waals surface area contributed by atoms with E-state index in [0.29, 0.717) is 27.5 Å². The van der Waals surface area contributed by atoms with Crippen molar-refractivity contribution in [3.8, 4) is 11.4 Å². The SMILES string of the molecule is CC(=NOCc1c(Cl)cccc1-n1nnn(C)c1=O)c1cccc(OC(F)(F)F)c1. The maximum absolute atomic E-state index is 12.4. The van der Waals surface area contributed by atoms with Crippen molar-refractivity contribution >= 4 is 17.3 Å². The van der Waals surface area contributed by atoms with Crippen LogP contribution in [0.2, 0.25) is 5.02 Å². The Morgan fingerprint density at radius 3 is 2.60 bits per heavy atom. The third-order valence-electron chi connectivity index (χ3n) is 3.94. The van der Waals surface area contributed by atoms with Gasteiger partial charge >= 0.3 is 12.1 Å². The third kappa shape index (κ3) is 4.98. The largest absolute Gasteiger partial charge is 0.573 e. The zero-order chi connectivity index (χ0) is 21.9. The minimum atomic E-state index is -4.79. The number of hydrogen-bond acceptors (Lipinski definition) is 6. The van der Waals surface area contributed by atoms with Crippen molar-refractivity contribution in [2.75, 3.05) is 0 Å². The first-order valence-electron chi connectivity index (χ1n) is 8.45. The molecule has 158 valence electrons. The predicted molar refractivity (Wildman–Crippen MR) is 102 cm³/mol. The number of halogens is 4. The lowest BCUT2D eigenvalue weighted by atomic mass is 10.1. The first kappa shape index (κ1) is 21.4. The first-order chi connectivity index (χ1) is 14.2. The molecule has 0 radical (unpaired) electrons. The van der Waals surface area contributed by atoms with E-state index in [-0.39, 0.29) is 12.4 Å². The minimum absolute atomic E-state index is 0.117. The highest BCUT2D eigenvalue weighted by molar-refractivity contribution is 6.31. The molecule has 0 N–H and O–H groups in total. The standard InChI is InChI=1S/C18H15ClF3N5O3/c1-11(12-5-3-6-13(9-12)30-18(20,21)22)23-29-10-14-15(19)7-4-8-16(14)27-17(28)26(2)24-25-27/h3-9H,10H2,1-2H3. The second-order valence-corrected chi connectivity index (χ2v) is 6.47.